The normalized spacial score (nSPS) is 12.9. The van der Waals surface area contributed by atoms with Gasteiger partial charge in [0.1, 0.15) is 13.2 Å². The Labute approximate surface area is 507 Å². The first kappa shape index (κ1) is 77.8. The van der Waals surface area contributed by atoms with Gasteiger partial charge < -0.3 is 14.2 Å². The van der Waals surface area contributed by atoms with Crippen molar-refractivity contribution < 1.29 is 28.6 Å². The van der Waals surface area contributed by atoms with Gasteiger partial charge in [-0.2, -0.15) is 0 Å². The maximum absolute atomic E-state index is 12.9. The van der Waals surface area contributed by atoms with Gasteiger partial charge in [-0.15, -0.1) is 0 Å². The van der Waals surface area contributed by atoms with E-state index in [1.165, 1.54) is 161 Å². The maximum Gasteiger partial charge on any atom is 0.306 e. The Bertz CT molecular complexity index is 1690. The average Bonchev–Trinajstić information content (AvgIpc) is 3.47. The minimum atomic E-state index is -0.801. The predicted molar refractivity (Wildman–Crippen MR) is 357 cm³/mol. The first-order valence-electron chi connectivity index (χ1n) is 34.5. The third-order valence-corrected chi connectivity index (χ3v) is 14.7. The first-order valence-corrected chi connectivity index (χ1v) is 34.5. The van der Waals surface area contributed by atoms with Crippen LogP contribution in [0, 0.1) is 0 Å². The molecule has 0 bridgehead atoms. The number of esters is 3. The molecule has 0 saturated heterocycles. The minimum Gasteiger partial charge on any atom is -0.462 e. The van der Waals surface area contributed by atoms with E-state index in [1.54, 1.807) is 0 Å². The van der Waals surface area contributed by atoms with Crippen molar-refractivity contribution >= 4 is 17.9 Å². The van der Waals surface area contributed by atoms with Crippen LogP contribution in [0.1, 0.15) is 323 Å². The Morgan fingerprint density at radius 1 is 0.256 bits per heavy atom. The van der Waals surface area contributed by atoms with Gasteiger partial charge in [0.2, 0.25) is 0 Å². The molecular formula is C76H128O6. The molecule has 0 aliphatic carbocycles. The van der Waals surface area contributed by atoms with Crippen molar-refractivity contribution in [3.8, 4) is 0 Å². The summed E-state index contributed by atoms with van der Waals surface area (Å²) in [7, 11) is 0. The molecule has 1 unspecified atom stereocenters. The van der Waals surface area contributed by atoms with Crippen LogP contribution in [-0.4, -0.2) is 37.2 Å². The van der Waals surface area contributed by atoms with E-state index in [4.69, 9.17) is 14.2 Å². The summed E-state index contributed by atoms with van der Waals surface area (Å²) in [6.45, 7) is 6.39. The lowest BCUT2D eigenvalue weighted by atomic mass is 10.0. The number of allylic oxidation sites excluding steroid dienone is 20. The molecule has 6 heteroatoms. The van der Waals surface area contributed by atoms with Gasteiger partial charge in [0.25, 0.3) is 0 Å². The van der Waals surface area contributed by atoms with E-state index in [1.807, 2.05) is 0 Å². The Kier molecular flexibility index (Phi) is 65.8. The van der Waals surface area contributed by atoms with Gasteiger partial charge in [-0.3, -0.25) is 14.4 Å². The highest BCUT2D eigenvalue weighted by atomic mass is 16.6. The van der Waals surface area contributed by atoms with Crippen LogP contribution in [0.25, 0.3) is 0 Å². The van der Waals surface area contributed by atoms with Gasteiger partial charge in [0.15, 0.2) is 6.10 Å². The molecule has 0 rings (SSSR count). The molecule has 0 fully saturated rings. The lowest BCUT2D eigenvalue weighted by Gasteiger charge is -2.18. The van der Waals surface area contributed by atoms with Crippen molar-refractivity contribution in [1.29, 1.82) is 0 Å². The first-order chi connectivity index (χ1) is 40.5. The molecule has 0 amide bonds. The molecule has 0 saturated carbocycles. The number of ether oxygens (including phenoxy) is 3. The molecule has 0 N–H and O–H groups in total. The van der Waals surface area contributed by atoms with Gasteiger partial charge in [0.05, 0.1) is 0 Å². The molecule has 0 aromatic heterocycles. The van der Waals surface area contributed by atoms with Crippen LogP contribution in [0.5, 0.6) is 0 Å². The summed E-state index contributed by atoms with van der Waals surface area (Å²) in [5.41, 5.74) is 0. The summed E-state index contributed by atoms with van der Waals surface area (Å²) in [6, 6.07) is 0. The van der Waals surface area contributed by atoms with Crippen LogP contribution in [-0.2, 0) is 28.6 Å². The highest BCUT2D eigenvalue weighted by Crippen LogP contribution is 2.17. The van der Waals surface area contributed by atoms with Crippen LogP contribution < -0.4 is 0 Å². The molecule has 0 aromatic rings. The summed E-state index contributed by atoms with van der Waals surface area (Å²) < 4.78 is 16.9. The van der Waals surface area contributed by atoms with Crippen LogP contribution in [0.4, 0.5) is 0 Å². The summed E-state index contributed by atoms with van der Waals surface area (Å²) in [4.78, 5) is 38.3. The second kappa shape index (κ2) is 69.3. The topological polar surface area (TPSA) is 78.9 Å². The zero-order valence-electron chi connectivity index (χ0n) is 53.7. The van der Waals surface area contributed by atoms with Crippen molar-refractivity contribution in [3.05, 3.63) is 122 Å². The van der Waals surface area contributed by atoms with Gasteiger partial charge in [0, 0.05) is 19.3 Å². The predicted octanol–water partition coefficient (Wildman–Crippen LogP) is 23.9. The van der Waals surface area contributed by atoms with E-state index in [0.29, 0.717) is 19.3 Å². The fraction of sp³-hybridized carbons (Fsp3) is 0.697. The summed E-state index contributed by atoms with van der Waals surface area (Å²) in [5.74, 6) is -0.928. The Hall–Kier alpha value is -4.19. The number of carbonyl (C=O) groups is 3. The smallest absolute Gasteiger partial charge is 0.306 e. The molecule has 6 nitrogen and oxygen atoms in total. The van der Waals surface area contributed by atoms with E-state index >= 15 is 0 Å². The van der Waals surface area contributed by atoms with E-state index < -0.39 is 6.10 Å². The molecule has 0 spiro atoms. The number of carbonyl (C=O) groups excluding carboxylic acids is 3. The van der Waals surface area contributed by atoms with Crippen molar-refractivity contribution in [1.82, 2.24) is 0 Å². The SMILES string of the molecule is CC/C=C\C/C=C\C/C=C\C/C=C\C/C=C\C/C=C\CCCCC(=O)OC(COC(=O)CCCCCCCCCCCC)COC(=O)CCCCCCCCCCCCCCCCCCCCCC/C=C\C/C=C\C/C=C\C/C=C\CC. The zero-order valence-corrected chi connectivity index (χ0v) is 53.7. The van der Waals surface area contributed by atoms with Crippen molar-refractivity contribution in [3.63, 3.8) is 0 Å². The molecule has 82 heavy (non-hydrogen) atoms. The maximum atomic E-state index is 12.9. The average molecular weight is 1140 g/mol. The number of rotatable bonds is 62. The molecule has 0 aliphatic heterocycles. The fourth-order valence-corrected chi connectivity index (χ4v) is 9.62. The highest BCUT2D eigenvalue weighted by molar-refractivity contribution is 5.71. The van der Waals surface area contributed by atoms with Crippen LogP contribution in [0.2, 0.25) is 0 Å². The highest BCUT2D eigenvalue weighted by Gasteiger charge is 2.19. The summed E-state index contributed by atoms with van der Waals surface area (Å²) >= 11 is 0. The number of unbranched alkanes of at least 4 members (excludes halogenated alkanes) is 31. The number of hydrogen-bond acceptors (Lipinski definition) is 6. The van der Waals surface area contributed by atoms with Gasteiger partial charge in [-0.05, 0) is 109 Å². The zero-order chi connectivity index (χ0) is 59.2. The van der Waals surface area contributed by atoms with Crippen molar-refractivity contribution in [2.45, 2.75) is 329 Å². The molecule has 0 aliphatic rings. The lowest BCUT2D eigenvalue weighted by molar-refractivity contribution is -0.167. The summed E-state index contributed by atoms with van der Waals surface area (Å²) in [6.07, 6.45) is 96.7. The Morgan fingerprint density at radius 3 is 0.768 bits per heavy atom. The van der Waals surface area contributed by atoms with Crippen LogP contribution in [0.15, 0.2) is 122 Å². The van der Waals surface area contributed by atoms with Crippen molar-refractivity contribution in [2.24, 2.45) is 0 Å². The lowest BCUT2D eigenvalue weighted by Crippen LogP contribution is -2.30. The Morgan fingerprint density at radius 2 is 0.476 bits per heavy atom. The summed E-state index contributed by atoms with van der Waals surface area (Å²) in [5, 5.41) is 0. The second-order valence-electron chi connectivity index (χ2n) is 22.7. The van der Waals surface area contributed by atoms with Gasteiger partial charge >= 0.3 is 17.9 Å². The van der Waals surface area contributed by atoms with E-state index in [-0.39, 0.29) is 37.5 Å². The van der Waals surface area contributed by atoms with E-state index in [9.17, 15) is 14.4 Å². The van der Waals surface area contributed by atoms with Crippen LogP contribution >= 0.6 is 0 Å². The van der Waals surface area contributed by atoms with Crippen LogP contribution in [0.3, 0.4) is 0 Å². The van der Waals surface area contributed by atoms with Gasteiger partial charge in [-0.1, -0.05) is 316 Å². The number of hydrogen-bond donors (Lipinski definition) is 0. The van der Waals surface area contributed by atoms with Crippen molar-refractivity contribution in [2.75, 3.05) is 13.2 Å². The largest absolute Gasteiger partial charge is 0.462 e. The third kappa shape index (κ3) is 66.6. The van der Waals surface area contributed by atoms with Gasteiger partial charge in [-0.25, -0.2) is 0 Å². The Balaban J connectivity index is 4.18. The third-order valence-electron chi connectivity index (χ3n) is 14.7. The molecule has 1 atom stereocenters. The monoisotopic (exact) mass is 1140 g/mol. The molecule has 0 heterocycles. The fourth-order valence-electron chi connectivity index (χ4n) is 9.62. The second-order valence-corrected chi connectivity index (χ2v) is 22.7. The molecular weight excluding hydrogens is 1010 g/mol. The molecule has 0 aromatic carbocycles. The molecule has 468 valence electrons. The quantitative estimate of drug-likeness (QED) is 0.0261. The van der Waals surface area contributed by atoms with E-state index in [2.05, 4.69) is 142 Å². The minimum absolute atomic E-state index is 0.0932. The molecule has 0 radical (unpaired) electrons. The van der Waals surface area contributed by atoms with E-state index in [0.717, 1.165) is 116 Å². The standard InChI is InChI=1S/C76H128O6/c1-4-7-10-13-16-19-22-24-26-28-30-32-33-34-35-36-37-38-39-40-41-42-43-45-46-48-50-52-54-57-60-63-66-69-75(78)81-72-73(71-80-74(77)68-65-62-59-56-21-18-15-12-9-6-3)82-76(79)70-67-64-61-58-55-53-51-49-47-44-31-29-27-25-23-20-17-14-11-8-5-2/h7-8,10-11,16-17,19-20,24-27,30-32,44,49,51,55,58,73H,4-6,9,12-15,18,21-23,28-29,33-43,45-48,50,52-54,56-57,59-72H2,1-3H3/b10-7-,11-8-,19-16-,20-17-,26-24-,27-25-,32-30-,44-31-,51-49-,58-55-.